The van der Waals surface area contributed by atoms with E-state index in [9.17, 15) is 8.42 Å². The molecule has 0 radical (unpaired) electrons. The van der Waals surface area contributed by atoms with Gasteiger partial charge in [0.1, 0.15) is 5.75 Å². The van der Waals surface area contributed by atoms with Crippen LogP contribution in [0.25, 0.3) is 0 Å². The summed E-state index contributed by atoms with van der Waals surface area (Å²) in [6, 6.07) is 13.3. The third kappa shape index (κ3) is 4.69. The van der Waals surface area contributed by atoms with Crippen molar-refractivity contribution in [3.05, 3.63) is 59.2 Å². The van der Waals surface area contributed by atoms with Crippen molar-refractivity contribution in [1.29, 1.82) is 0 Å². The molecule has 1 heterocycles. The van der Waals surface area contributed by atoms with Gasteiger partial charge in [-0.1, -0.05) is 29.8 Å². The summed E-state index contributed by atoms with van der Waals surface area (Å²) in [6.07, 6.45) is 2.30. The Hall–Kier alpha value is -1.89. The number of rotatable bonds is 7. The van der Waals surface area contributed by atoms with Crippen molar-refractivity contribution in [2.24, 2.45) is 0 Å². The molecular weight excluding hydrogens is 360 g/mol. The van der Waals surface area contributed by atoms with Crippen molar-refractivity contribution in [3.8, 4) is 5.75 Å². The van der Waals surface area contributed by atoms with Gasteiger partial charge >= 0.3 is 0 Å². The number of methoxy groups -OCH3 is 1. The Morgan fingerprint density at radius 3 is 2.33 bits per heavy atom. The van der Waals surface area contributed by atoms with Gasteiger partial charge in [0.2, 0.25) is 10.0 Å². The summed E-state index contributed by atoms with van der Waals surface area (Å²) >= 11 is 0. The topological polar surface area (TPSA) is 58.6 Å². The van der Waals surface area contributed by atoms with Gasteiger partial charge in [-0.3, -0.25) is 4.90 Å². The van der Waals surface area contributed by atoms with Crippen LogP contribution >= 0.6 is 0 Å². The highest BCUT2D eigenvalue weighted by atomic mass is 32.2. The van der Waals surface area contributed by atoms with Crippen LogP contribution in [0.1, 0.15) is 35.6 Å². The standard InChI is InChI=1S/C21H28N2O3S/c1-16-6-11-21(17(2)14-16)27(24,25)22-15-20(23-12-4-5-13-23)18-7-9-19(26-3)10-8-18/h6-11,14,20,22H,4-5,12-13,15H2,1-3H3. The van der Waals surface area contributed by atoms with Crippen molar-refractivity contribution >= 4 is 10.0 Å². The van der Waals surface area contributed by atoms with Gasteiger partial charge in [0.05, 0.1) is 12.0 Å². The van der Waals surface area contributed by atoms with Crippen LogP contribution in [0.5, 0.6) is 5.75 Å². The Morgan fingerprint density at radius 2 is 1.74 bits per heavy atom. The molecule has 6 heteroatoms. The quantitative estimate of drug-likeness (QED) is 0.790. The number of likely N-dealkylation sites (tertiary alicyclic amines) is 1. The molecule has 2 aromatic carbocycles. The molecule has 0 bridgehead atoms. The average molecular weight is 389 g/mol. The second-order valence-corrected chi connectivity index (χ2v) is 8.89. The van der Waals surface area contributed by atoms with E-state index < -0.39 is 10.0 Å². The van der Waals surface area contributed by atoms with Crippen molar-refractivity contribution < 1.29 is 13.2 Å². The Kier molecular flexibility index (Phi) is 6.19. The number of hydrogen-bond acceptors (Lipinski definition) is 4. The van der Waals surface area contributed by atoms with Crippen LogP contribution in [-0.2, 0) is 10.0 Å². The Bertz CT molecular complexity index is 873. The molecule has 0 spiro atoms. The van der Waals surface area contributed by atoms with Crippen molar-refractivity contribution in [2.45, 2.75) is 37.6 Å². The highest BCUT2D eigenvalue weighted by molar-refractivity contribution is 7.89. The minimum atomic E-state index is -3.55. The van der Waals surface area contributed by atoms with Gasteiger partial charge in [0.15, 0.2) is 0 Å². The third-order valence-electron chi connectivity index (χ3n) is 5.17. The molecule has 1 atom stereocenters. The molecule has 1 N–H and O–H groups in total. The van der Waals surface area contributed by atoms with Gasteiger partial charge in [0.25, 0.3) is 0 Å². The first-order chi connectivity index (χ1) is 12.9. The minimum absolute atomic E-state index is 0.0129. The maximum atomic E-state index is 12.9. The van der Waals surface area contributed by atoms with Crippen LogP contribution in [0, 0.1) is 13.8 Å². The normalized spacial score (nSPS) is 16.4. The third-order valence-corrected chi connectivity index (χ3v) is 6.75. The lowest BCUT2D eigenvalue weighted by Crippen LogP contribution is -2.37. The molecule has 1 unspecified atom stereocenters. The highest BCUT2D eigenvalue weighted by Gasteiger charge is 2.26. The zero-order chi connectivity index (χ0) is 19.4. The number of nitrogens with one attached hydrogen (secondary N) is 1. The number of ether oxygens (including phenoxy) is 1. The summed E-state index contributed by atoms with van der Waals surface area (Å²) in [7, 11) is -1.91. The summed E-state index contributed by atoms with van der Waals surface area (Å²) in [6.45, 7) is 6.12. The molecule has 0 saturated carbocycles. The second-order valence-electron chi connectivity index (χ2n) is 7.15. The van der Waals surface area contributed by atoms with Gasteiger partial charge in [0, 0.05) is 12.6 Å². The lowest BCUT2D eigenvalue weighted by molar-refractivity contribution is 0.246. The van der Waals surface area contributed by atoms with E-state index in [0.29, 0.717) is 11.4 Å². The van der Waals surface area contributed by atoms with E-state index in [2.05, 4.69) is 9.62 Å². The van der Waals surface area contributed by atoms with E-state index in [1.165, 1.54) is 0 Å². The van der Waals surface area contributed by atoms with Crippen LogP contribution < -0.4 is 9.46 Å². The largest absolute Gasteiger partial charge is 0.497 e. The molecule has 27 heavy (non-hydrogen) atoms. The van der Waals surface area contributed by atoms with E-state index in [-0.39, 0.29) is 6.04 Å². The maximum Gasteiger partial charge on any atom is 0.240 e. The molecule has 0 amide bonds. The fourth-order valence-electron chi connectivity index (χ4n) is 3.70. The first-order valence-corrected chi connectivity index (χ1v) is 10.8. The Balaban J connectivity index is 1.81. The maximum absolute atomic E-state index is 12.9. The monoisotopic (exact) mass is 388 g/mol. The van der Waals surface area contributed by atoms with Crippen LogP contribution in [0.15, 0.2) is 47.4 Å². The van der Waals surface area contributed by atoms with Crippen molar-refractivity contribution in [2.75, 3.05) is 26.7 Å². The average Bonchev–Trinajstić information content (AvgIpc) is 3.16. The number of nitrogens with zero attached hydrogens (tertiary/aromatic N) is 1. The summed E-state index contributed by atoms with van der Waals surface area (Å²) in [5.74, 6) is 0.801. The SMILES string of the molecule is COc1ccc(C(CNS(=O)(=O)c2ccc(C)cc2C)N2CCCC2)cc1. The van der Waals surface area contributed by atoms with Gasteiger partial charge in [-0.2, -0.15) is 0 Å². The number of benzene rings is 2. The summed E-state index contributed by atoms with van der Waals surface area (Å²) in [5.41, 5.74) is 2.92. The molecule has 1 aliphatic rings. The molecule has 1 aliphatic heterocycles. The Morgan fingerprint density at radius 1 is 1.07 bits per heavy atom. The van der Waals surface area contributed by atoms with E-state index in [1.807, 2.05) is 50.2 Å². The molecule has 146 valence electrons. The fourth-order valence-corrected chi connectivity index (χ4v) is 4.97. The molecule has 0 aromatic heterocycles. The lowest BCUT2D eigenvalue weighted by atomic mass is 10.1. The smallest absolute Gasteiger partial charge is 0.240 e. The number of aryl methyl sites for hydroxylation is 2. The van der Waals surface area contributed by atoms with Crippen molar-refractivity contribution in [3.63, 3.8) is 0 Å². The molecular formula is C21H28N2O3S. The summed E-state index contributed by atoms with van der Waals surface area (Å²) in [4.78, 5) is 2.70. The molecule has 5 nitrogen and oxygen atoms in total. The first kappa shape index (κ1) is 19.9. The zero-order valence-corrected chi connectivity index (χ0v) is 17.1. The van der Waals surface area contributed by atoms with Crippen molar-refractivity contribution in [1.82, 2.24) is 9.62 Å². The molecule has 0 aliphatic carbocycles. The van der Waals surface area contributed by atoms with E-state index >= 15 is 0 Å². The molecule has 3 rings (SSSR count). The predicted octanol–water partition coefficient (Wildman–Crippen LogP) is 3.43. The first-order valence-electron chi connectivity index (χ1n) is 9.35. The van der Waals surface area contributed by atoms with E-state index in [0.717, 1.165) is 48.4 Å². The summed E-state index contributed by atoms with van der Waals surface area (Å²) in [5, 5.41) is 0. The molecule has 1 saturated heterocycles. The number of hydrogen-bond donors (Lipinski definition) is 1. The minimum Gasteiger partial charge on any atom is -0.497 e. The molecule has 1 fully saturated rings. The lowest BCUT2D eigenvalue weighted by Gasteiger charge is -2.28. The Labute approximate surface area is 162 Å². The summed E-state index contributed by atoms with van der Waals surface area (Å²) < 4.78 is 33.8. The van der Waals surface area contributed by atoms with E-state index in [4.69, 9.17) is 4.74 Å². The molecule has 2 aromatic rings. The fraction of sp³-hybridized carbons (Fsp3) is 0.429. The van der Waals surface area contributed by atoms with Crippen LogP contribution in [-0.4, -0.2) is 40.1 Å². The number of sulfonamides is 1. The van der Waals surface area contributed by atoms with Crippen LogP contribution in [0.3, 0.4) is 0 Å². The highest BCUT2D eigenvalue weighted by Crippen LogP contribution is 2.27. The van der Waals surface area contributed by atoms with Gasteiger partial charge in [-0.25, -0.2) is 13.1 Å². The van der Waals surface area contributed by atoms with Gasteiger partial charge < -0.3 is 4.74 Å². The van der Waals surface area contributed by atoms with Gasteiger partial charge in [-0.05, 0) is 69.1 Å². The second kappa shape index (κ2) is 8.42. The predicted molar refractivity (Wildman–Crippen MR) is 108 cm³/mol. The zero-order valence-electron chi connectivity index (χ0n) is 16.2. The van der Waals surface area contributed by atoms with E-state index in [1.54, 1.807) is 13.2 Å². The van der Waals surface area contributed by atoms with Crippen LogP contribution in [0.4, 0.5) is 0 Å². The van der Waals surface area contributed by atoms with Gasteiger partial charge in [-0.15, -0.1) is 0 Å². The van der Waals surface area contributed by atoms with Crippen LogP contribution in [0.2, 0.25) is 0 Å².